The van der Waals surface area contributed by atoms with Crippen molar-refractivity contribution in [1.29, 1.82) is 0 Å². The van der Waals surface area contributed by atoms with Gasteiger partial charge in [0.2, 0.25) is 5.91 Å². The summed E-state index contributed by atoms with van der Waals surface area (Å²) in [5.41, 5.74) is 2.19. The van der Waals surface area contributed by atoms with Crippen LogP contribution < -0.4 is 10.6 Å². The Hall–Kier alpha value is -2.90. The van der Waals surface area contributed by atoms with E-state index in [2.05, 4.69) is 10.6 Å². The summed E-state index contributed by atoms with van der Waals surface area (Å²) >= 11 is 0. The second-order valence-electron chi connectivity index (χ2n) is 7.49. The van der Waals surface area contributed by atoms with Crippen LogP contribution in [0.25, 0.3) is 0 Å². The number of benzene rings is 2. The molecule has 0 aliphatic carbocycles. The molecular weight excluding hydrogens is 370 g/mol. The Morgan fingerprint density at radius 1 is 1.10 bits per heavy atom. The molecule has 0 bridgehead atoms. The summed E-state index contributed by atoms with van der Waals surface area (Å²) in [4.78, 5) is 26.1. The van der Waals surface area contributed by atoms with E-state index in [0.29, 0.717) is 23.8 Å². The Bertz CT molecular complexity index is 824. The smallest absolute Gasteiger partial charge is 0.323 e. The number of amides is 3. The molecule has 1 fully saturated rings. The van der Waals surface area contributed by atoms with E-state index in [-0.39, 0.29) is 25.2 Å². The first-order valence-electron chi connectivity index (χ1n) is 9.73. The maximum Gasteiger partial charge on any atom is 0.323 e. The van der Waals surface area contributed by atoms with Gasteiger partial charge < -0.3 is 25.4 Å². The summed E-state index contributed by atoms with van der Waals surface area (Å²) in [6.07, 6.45) is -0.413. The van der Waals surface area contributed by atoms with Gasteiger partial charge in [0, 0.05) is 17.9 Å². The van der Waals surface area contributed by atoms with Crippen molar-refractivity contribution < 1.29 is 19.4 Å². The number of nitrogens with one attached hydrogen (secondary N) is 2. The highest BCUT2D eigenvalue weighted by atomic mass is 16.5. The van der Waals surface area contributed by atoms with Crippen LogP contribution in [0.3, 0.4) is 0 Å². The van der Waals surface area contributed by atoms with Crippen LogP contribution in [0, 0.1) is 5.92 Å². The van der Waals surface area contributed by atoms with Crippen molar-refractivity contribution in [2.75, 3.05) is 30.4 Å². The zero-order chi connectivity index (χ0) is 20.8. The molecule has 2 atom stereocenters. The lowest BCUT2D eigenvalue weighted by Crippen LogP contribution is -2.53. The summed E-state index contributed by atoms with van der Waals surface area (Å²) in [5.74, 6) is 0.186. The SMILES string of the molecule is CC(C)CN1C(=O)COC(c2ccc(NC(=O)Nc3ccccc3)cc2)C1CO. The third-order valence-corrected chi connectivity index (χ3v) is 4.73. The van der Waals surface area contributed by atoms with Crippen molar-refractivity contribution in [3.8, 4) is 0 Å². The van der Waals surface area contributed by atoms with Crippen LogP contribution >= 0.6 is 0 Å². The molecule has 3 rings (SSSR count). The lowest BCUT2D eigenvalue weighted by atomic mass is 9.98. The molecule has 1 heterocycles. The predicted molar refractivity (Wildman–Crippen MR) is 112 cm³/mol. The van der Waals surface area contributed by atoms with Gasteiger partial charge in [-0.1, -0.05) is 44.2 Å². The van der Waals surface area contributed by atoms with Gasteiger partial charge in [0.1, 0.15) is 12.7 Å². The van der Waals surface area contributed by atoms with Gasteiger partial charge in [-0.15, -0.1) is 0 Å². The monoisotopic (exact) mass is 397 g/mol. The summed E-state index contributed by atoms with van der Waals surface area (Å²) in [6, 6.07) is 15.7. The molecule has 0 aromatic heterocycles. The standard InChI is InChI=1S/C22H27N3O4/c1-15(2)12-25-19(13-26)21(29-14-20(25)27)16-8-10-18(11-9-16)24-22(28)23-17-6-4-3-5-7-17/h3-11,15,19,21,26H,12-14H2,1-2H3,(H2,23,24,28). The molecule has 0 saturated carbocycles. The number of nitrogens with zero attached hydrogens (tertiary/aromatic N) is 1. The molecular formula is C22H27N3O4. The molecule has 2 unspecified atom stereocenters. The van der Waals surface area contributed by atoms with E-state index in [1.807, 2.05) is 56.3 Å². The Morgan fingerprint density at radius 3 is 2.31 bits per heavy atom. The molecule has 2 aromatic carbocycles. The second-order valence-corrected chi connectivity index (χ2v) is 7.49. The largest absolute Gasteiger partial charge is 0.394 e. The second kappa shape index (κ2) is 9.54. The third-order valence-electron chi connectivity index (χ3n) is 4.73. The lowest BCUT2D eigenvalue weighted by Gasteiger charge is -2.41. The third kappa shape index (κ3) is 5.34. The number of hydrogen-bond donors (Lipinski definition) is 3. The van der Waals surface area contributed by atoms with Crippen molar-refractivity contribution in [2.45, 2.75) is 26.0 Å². The number of rotatable bonds is 6. The Kier molecular flexibility index (Phi) is 6.85. The van der Waals surface area contributed by atoms with E-state index in [4.69, 9.17) is 4.74 Å². The van der Waals surface area contributed by atoms with Crippen LogP contribution in [0.5, 0.6) is 0 Å². The van der Waals surface area contributed by atoms with Crippen molar-refractivity contribution in [1.82, 2.24) is 4.90 Å². The van der Waals surface area contributed by atoms with E-state index < -0.39 is 12.1 Å². The fourth-order valence-electron chi connectivity index (χ4n) is 3.42. The van der Waals surface area contributed by atoms with Gasteiger partial charge in [-0.25, -0.2) is 4.79 Å². The minimum atomic E-state index is -0.432. The fourth-order valence-corrected chi connectivity index (χ4v) is 3.42. The molecule has 1 aliphatic rings. The quantitative estimate of drug-likeness (QED) is 0.698. The summed E-state index contributed by atoms with van der Waals surface area (Å²) in [6.45, 7) is 4.46. The van der Waals surface area contributed by atoms with E-state index in [0.717, 1.165) is 5.56 Å². The molecule has 2 aromatic rings. The molecule has 154 valence electrons. The van der Waals surface area contributed by atoms with Crippen LogP contribution in [0.2, 0.25) is 0 Å². The van der Waals surface area contributed by atoms with Crippen LogP contribution in [0.15, 0.2) is 54.6 Å². The number of aliphatic hydroxyl groups excluding tert-OH is 1. The Morgan fingerprint density at radius 2 is 1.72 bits per heavy atom. The van der Waals surface area contributed by atoms with Gasteiger partial charge in [-0.05, 0) is 35.7 Å². The molecule has 3 amide bonds. The maximum atomic E-state index is 12.2. The van der Waals surface area contributed by atoms with Gasteiger partial charge in [0.05, 0.1) is 12.6 Å². The molecule has 1 aliphatic heterocycles. The highest BCUT2D eigenvalue weighted by Crippen LogP contribution is 2.30. The fraction of sp³-hybridized carbons (Fsp3) is 0.364. The van der Waals surface area contributed by atoms with Gasteiger partial charge in [-0.3, -0.25) is 4.79 Å². The average molecular weight is 397 g/mol. The molecule has 29 heavy (non-hydrogen) atoms. The zero-order valence-corrected chi connectivity index (χ0v) is 16.7. The van der Waals surface area contributed by atoms with Crippen molar-refractivity contribution in [3.63, 3.8) is 0 Å². The lowest BCUT2D eigenvalue weighted by molar-refractivity contribution is -0.161. The topological polar surface area (TPSA) is 90.9 Å². The number of hydrogen-bond acceptors (Lipinski definition) is 4. The average Bonchev–Trinajstić information content (AvgIpc) is 2.70. The molecule has 1 saturated heterocycles. The number of urea groups is 1. The number of carbonyl (C=O) groups is 2. The minimum Gasteiger partial charge on any atom is -0.394 e. The number of aliphatic hydroxyl groups is 1. The normalized spacial score (nSPS) is 19.3. The first-order valence-corrected chi connectivity index (χ1v) is 9.73. The van der Waals surface area contributed by atoms with Crippen LogP contribution in [-0.4, -0.2) is 47.7 Å². The maximum absolute atomic E-state index is 12.2. The van der Waals surface area contributed by atoms with Crippen LogP contribution in [0.1, 0.15) is 25.5 Å². The molecule has 0 radical (unpaired) electrons. The summed E-state index contributed by atoms with van der Waals surface area (Å²) in [5, 5.41) is 15.4. The van der Waals surface area contributed by atoms with Crippen LogP contribution in [0.4, 0.5) is 16.2 Å². The molecule has 3 N–H and O–H groups in total. The van der Waals surface area contributed by atoms with E-state index >= 15 is 0 Å². The van der Waals surface area contributed by atoms with Gasteiger partial charge in [0.15, 0.2) is 0 Å². The van der Waals surface area contributed by atoms with E-state index in [1.54, 1.807) is 17.0 Å². The van der Waals surface area contributed by atoms with Gasteiger partial charge in [0.25, 0.3) is 0 Å². The van der Waals surface area contributed by atoms with Crippen molar-refractivity contribution in [3.05, 3.63) is 60.2 Å². The molecule has 0 spiro atoms. The summed E-state index contributed by atoms with van der Waals surface area (Å²) < 4.78 is 5.74. The molecule has 7 nitrogen and oxygen atoms in total. The molecule has 7 heteroatoms. The Balaban J connectivity index is 1.67. The Labute approximate surface area is 170 Å². The van der Waals surface area contributed by atoms with Gasteiger partial charge in [-0.2, -0.15) is 0 Å². The minimum absolute atomic E-state index is 0.00658. The summed E-state index contributed by atoms with van der Waals surface area (Å²) in [7, 11) is 0. The number of ether oxygens (including phenoxy) is 1. The van der Waals surface area contributed by atoms with Crippen molar-refractivity contribution in [2.24, 2.45) is 5.92 Å². The zero-order valence-electron chi connectivity index (χ0n) is 16.7. The first-order chi connectivity index (χ1) is 14.0. The predicted octanol–water partition coefficient (Wildman–Crippen LogP) is 3.25. The highest BCUT2D eigenvalue weighted by Gasteiger charge is 2.37. The van der Waals surface area contributed by atoms with Gasteiger partial charge >= 0.3 is 6.03 Å². The number of carbonyl (C=O) groups excluding carboxylic acids is 2. The number of morpholine rings is 1. The van der Waals surface area contributed by atoms with Crippen LogP contribution in [-0.2, 0) is 9.53 Å². The van der Waals surface area contributed by atoms with E-state index in [9.17, 15) is 14.7 Å². The van der Waals surface area contributed by atoms with E-state index in [1.165, 1.54) is 0 Å². The first kappa shape index (κ1) is 20.8. The number of anilines is 2. The highest BCUT2D eigenvalue weighted by molar-refractivity contribution is 5.99. The van der Waals surface area contributed by atoms with Crippen molar-refractivity contribution >= 4 is 23.3 Å². The number of para-hydroxylation sites is 1.